The molecular weight excluding hydrogens is 226 g/mol. The van der Waals surface area contributed by atoms with E-state index in [4.69, 9.17) is 9.63 Å². The SMILES string of the molecule is OCCCc1cc(-c2ccc(C3CC3)cc2)no1. The van der Waals surface area contributed by atoms with Crippen LogP contribution in [-0.2, 0) is 6.42 Å². The zero-order valence-electron chi connectivity index (χ0n) is 10.3. The van der Waals surface area contributed by atoms with Crippen molar-refractivity contribution >= 4 is 0 Å². The maximum Gasteiger partial charge on any atom is 0.137 e. The summed E-state index contributed by atoms with van der Waals surface area (Å²) in [5, 5.41) is 12.9. The quantitative estimate of drug-likeness (QED) is 0.877. The molecule has 0 spiro atoms. The van der Waals surface area contributed by atoms with Crippen LogP contribution in [0.15, 0.2) is 34.9 Å². The molecule has 1 saturated carbocycles. The topological polar surface area (TPSA) is 46.3 Å². The third-order valence-electron chi connectivity index (χ3n) is 3.40. The normalized spacial score (nSPS) is 14.9. The highest BCUT2D eigenvalue weighted by Crippen LogP contribution is 2.40. The molecule has 0 amide bonds. The first-order valence-corrected chi connectivity index (χ1v) is 6.53. The highest BCUT2D eigenvalue weighted by molar-refractivity contribution is 5.59. The van der Waals surface area contributed by atoms with Gasteiger partial charge in [-0.2, -0.15) is 0 Å². The van der Waals surface area contributed by atoms with Crippen LogP contribution in [0.25, 0.3) is 11.3 Å². The van der Waals surface area contributed by atoms with Crippen molar-refractivity contribution in [3.05, 3.63) is 41.7 Å². The number of aliphatic hydroxyl groups excluding tert-OH is 1. The minimum absolute atomic E-state index is 0.187. The summed E-state index contributed by atoms with van der Waals surface area (Å²) in [5.41, 5.74) is 3.41. The monoisotopic (exact) mass is 243 g/mol. The molecule has 1 aromatic heterocycles. The molecule has 0 aliphatic heterocycles. The van der Waals surface area contributed by atoms with Crippen LogP contribution in [0.1, 0.15) is 36.5 Å². The molecule has 1 aromatic carbocycles. The number of aromatic nitrogens is 1. The Hall–Kier alpha value is -1.61. The maximum absolute atomic E-state index is 8.78. The Labute approximate surface area is 106 Å². The lowest BCUT2D eigenvalue weighted by atomic mass is 10.1. The zero-order chi connectivity index (χ0) is 12.4. The summed E-state index contributed by atoms with van der Waals surface area (Å²) < 4.78 is 5.25. The van der Waals surface area contributed by atoms with Crippen LogP contribution >= 0.6 is 0 Å². The number of nitrogens with zero attached hydrogens (tertiary/aromatic N) is 1. The van der Waals surface area contributed by atoms with Crippen LogP contribution in [0.3, 0.4) is 0 Å². The fourth-order valence-corrected chi connectivity index (χ4v) is 2.16. The first kappa shape index (κ1) is 11.5. The molecule has 0 unspecified atom stereocenters. The van der Waals surface area contributed by atoms with Gasteiger partial charge in [-0.05, 0) is 30.7 Å². The van der Waals surface area contributed by atoms with E-state index in [9.17, 15) is 0 Å². The fourth-order valence-electron chi connectivity index (χ4n) is 2.16. The standard InChI is InChI=1S/C15H17NO2/c17-9-1-2-14-10-15(16-18-14)13-7-5-12(6-8-13)11-3-4-11/h5-8,10-11,17H,1-4,9H2. The van der Waals surface area contributed by atoms with Crippen molar-refractivity contribution in [2.45, 2.75) is 31.6 Å². The second-order valence-corrected chi connectivity index (χ2v) is 4.90. The molecule has 0 atom stereocenters. The molecule has 0 bridgehead atoms. The summed E-state index contributed by atoms with van der Waals surface area (Å²) in [5.74, 6) is 1.63. The molecule has 1 aliphatic carbocycles. The van der Waals surface area contributed by atoms with Crippen molar-refractivity contribution in [3.63, 3.8) is 0 Å². The largest absolute Gasteiger partial charge is 0.396 e. The number of rotatable bonds is 5. The van der Waals surface area contributed by atoms with Crippen LogP contribution in [0, 0.1) is 0 Å². The van der Waals surface area contributed by atoms with E-state index in [0.29, 0.717) is 0 Å². The lowest BCUT2D eigenvalue weighted by Crippen LogP contribution is -1.86. The Morgan fingerprint density at radius 1 is 1.22 bits per heavy atom. The maximum atomic E-state index is 8.78. The molecule has 18 heavy (non-hydrogen) atoms. The Bertz CT molecular complexity index is 512. The van der Waals surface area contributed by atoms with E-state index in [-0.39, 0.29) is 6.61 Å². The number of aryl methyl sites for hydroxylation is 1. The Morgan fingerprint density at radius 2 is 2.00 bits per heavy atom. The highest BCUT2D eigenvalue weighted by atomic mass is 16.5. The van der Waals surface area contributed by atoms with Crippen LogP contribution in [0.2, 0.25) is 0 Å². The van der Waals surface area contributed by atoms with Crippen LogP contribution in [0.4, 0.5) is 0 Å². The van der Waals surface area contributed by atoms with Crippen molar-refractivity contribution < 1.29 is 9.63 Å². The van der Waals surface area contributed by atoms with E-state index in [1.807, 2.05) is 6.07 Å². The van der Waals surface area contributed by atoms with Crippen LogP contribution < -0.4 is 0 Å². The van der Waals surface area contributed by atoms with Crippen molar-refractivity contribution in [2.24, 2.45) is 0 Å². The van der Waals surface area contributed by atoms with Gasteiger partial charge < -0.3 is 9.63 Å². The molecule has 1 aliphatic rings. The van der Waals surface area contributed by atoms with E-state index < -0.39 is 0 Å². The summed E-state index contributed by atoms with van der Waals surface area (Å²) in [6, 6.07) is 10.6. The molecule has 3 heteroatoms. The second kappa shape index (κ2) is 4.94. The third-order valence-corrected chi connectivity index (χ3v) is 3.40. The fraction of sp³-hybridized carbons (Fsp3) is 0.400. The number of hydrogen-bond acceptors (Lipinski definition) is 3. The molecule has 1 fully saturated rings. The van der Waals surface area contributed by atoms with Crippen LogP contribution in [0.5, 0.6) is 0 Å². The molecule has 94 valence electrons. The van der Waals surface area contributed by atoms with Gasteiger partial charge in [-0.15, -0.1) is 0 Å². The van der Waals surface area contributed by atoms with E-state index in [0.717, 1.165) is 35.8 Å². The average Bonchev–Trinajstić information content (AvgIpc) is 3.16. The van der Waals surface area contributed by atoms with Gasteiger partial charge in [-0.25, -0.2) is 0 Å². The molecule has 3 rings (SSSR count). The van der Waals surface area contributed by atoms with Crippen molar-refractivity contribution in [1.82, 2.24) is 5.16 Å². The molecule has 0 saturated heterocycles. The zero-order valence-corrected chi connectivity index (χ0v) is 10.3. The van der Waals surface area contributed by atoms with Gasteiger partial charge >= 0.3 is 0 Å². The Balaban J connectivity index is 1.74. The molecule has 3 nitrogen and oxygen atoms in total. The minimum atomic E-state index is 0.187. The Kier molecular flexibility index (Phi) is 3.15. The van der Waals surface area contributed by atoms with Crippen molar-refractivity contribution in [3.8, 4) is 11.3 Å². The predicted molar refractivity (Wildman–Crippen MR) is 69.3 cm³/mol. The van der Waals surface area contributed by atoms with E-state index in [2.05, 4.69) is 29.4 Å². The van der Waals surface area contributed by atoms with Gasteiger partial charge in [0.1, 0.15) is 11.5 Å². The average molecular weight is 243 g/mol. The van der Waals surface area contributed by atoms with Crippen molar-refractivity contribution in [1.29, 1.82) is 0 Å². The number of hydrogen-bond donors (Lipinski definition) is 1. The molecule has 0 radical (unpaired) electrons. The molecular formula is C15H17NO2. The lowest BCUT2D eigenvalue weighted by Gasteiger charge is -1.99. The minimum Gasteiger partial charge on any atom is -0.396 e. The summed E-state index contributed by atoms with van der Waals surface area (Å²) in [7, 11) is 0. The number of aliphatic hydroxyl groups is 1. The van der Waals surface area contributed by atoms with Gasteiger partial charge in [0.25, 0.3) is 0 Å². The van der Waals surface area contributed by atoms with Gasteiger partial charge in [-0.1, -0.05) is 29.4 Å². The molecule has 2 aromatic rings. The summed E-state index contributed by atoms with van der Waals surface area (Å²) in [6.45, 7) is 0.187. The summed E-state index contributed by atoms with van der Waals surface area (Å²) in [4.78, 5) is 0. The summed E-state index contributed by atoms with van der Waals surface area (Å²) in [6.07, 6.45) is 4.11. The van der Waals surface area contributed by atoms with Gasteiger partial charge in [0.15, 0.2) is 0 Å². The Morgan fingerprint density at radius 3 is 2.67 bits per heavy atom. The number of benzene rings is 1. The second-order valence-electron chi connectivity index (χ2n) is 4.90. The van der Waals surface area contributed by atoms with Gasteiger partial charge in [0.2, 0.25) is 0 Å². The van der Waals surface area contributed by atoms with E-state index >= 15 is 0 Å². The van der Waals surface area contributed by atoms with Crippen molar-refractivity contribution in [2.75, 3.05) is 6.61 Å². The van der Waals surface area contributed by atoms with Gasteiger partial charge in [0, 0.05) is 24.7 Å². The summed E-state index contributed by atoms with van der Waals surface area (Å²) >= 11 is 0. The first-order valence-electron chi connectivity index (χ1n) is 6.53. The van der Waals surface area contributed by atoms with E-state index in [1.54, 1.807) is 0 Å². The first-order chi connectivity index (χ1) is 8.86. The van der Waals surface area contributed by atoms with Gasteiger partial charge in [-0.3, -0.25) is 0 Å². The smallest absolute Gasteiger partial charge is 0.137 e. The predicted octanol–water partition coefficient (Wildman–Crippen LogP) is 3.14. The van der Waals surface area contributed by atoms with Gasteiger partial charge in [0.05, 0.1) is 0 Å². The molecule has 1 heterocycles. The lowest BCUT2D eigenvalue weighted by molar-refractivity contribution is 0.280. The molecule has 1 N–H and O–H groups in total. The third kappa shape index (κ3) is 2.46. The van der Waals surface area contributed by atoms with E-state index in [1.165, 1.54) is 18.4 Å². The van der Waals surface area contributed by atoms with Crippen LogP contribution in [-0.4, -0.2) is 16.9 Å². The highest BCUT2D eigenvalue weighted by Gasteiger charge is 2.23.